The molecule has 0 saturated carbocycles. The average molecular weight is 317 g/mol. The van der Waals surface area contributed by atoms with E-state index in [1.54, 1.807) is 12.1 Å². The molecule has 0 radical (unpaired) electrons. The normalized spacial score (nSPS) is 14.8. The molecule has 6 heteroatoms. The Morgan fingerprint density at radius 3 is 2.35 bits per heavy atom. The lowest BCUT2D eigenvalue weighted by Crippen LogP contribution is -3.14. The van der Waals surface area contributed by atoms with E-state index in [-0.39, 0.29) is 11.8 Å². The van der Waals surface area contributed by atoms with Crippen LogP contribution in [-0.2, 0) is 9.59 Å². The minimum atomic E-state index is -0.109. The monoisotopic (exact) mass is 317 g/mol. The van der Waals surface area contributed by atoms with Gasteiger partial charge in [0.1, 0.15) is 0 Å². The van der Waals surface area contributed by atoms with Crippen LogP contribution in [0.5, 0.6) is 0 Å². The van der Waals surface area contributed by atoms with Crippen molar-refractivity contribution in [3.8, 4) is 0 Å². The number of carbonyl (C=O) groups is 2. The highest BCUT2D eigenvalue weighted by Gasteiger charge is 2.17. The van der Waals surface area contributed by atoms with Gasteiger partial charge in [-0.1, -0.05) is 18.7 Å². The first-order chi connectivity index (χ1) is 11.0. The maximum atomic E-state index is 11.9. The zero-order valence-electron chi connectivity index (χ0n) is 13.6. The number of benzene rings is 1. The number of carbonyl (C=O) groups excluding carboxylic acids is 2. The molecule has 1 aromatic rings. The fraction of sp³-hybridized carbons (Fsp3) is 0.412. The van der Waals surface area contributed by atoms with E-state index in [1.165, 1.54) is 31.1 Å². The fourth-order valence-electron chi connectivity index (χ4n) is 2.68. The molecule has 1 heterocycles. The standard InChI is InChI=1S/C17H24N4O2/c1-13(15-6-8-16(9-7-15)18-14(2)22)19-20-17(23)12-21-10-4-3-5-11-21/h6-9,19H,1,3-5,10-12H2,2H3,(H,18,22)(H,20,23)/p+1. The Labute approximate surface area is 136 Å². The molecule has 2 rings (SSSR count). The summed E-state index contributed by atoms with van der Waals surface area (Å²) in [6.07, 6.45) is 3.67. The largest absolute Gasteiger partial charge is 0.327 e. The number of hydrazine groups is 1. The van der Waals surface area contributed by atoms with Crippen molar-refractivity contribution in [2.45, 2.75) is 26.2 Å². The van der Waals surface area contributed by atoms with Gasteiger partial charge in [0.2, 0.25) is 5.91 Å². The van der Waals surface area contributed by atoms with Crippen LogP contribution in [0.2, 0.25) is 0 Å². The number of amides is 2. The summed E-state index contributed by atoms with van der Waals surface area (Å²) in [5.41, 5.74) is 7.74. The van der Waals surface area contributed by atoms with Crippen LogP contribution in [0.15, 0.2) is 30.8 Å². The minimum Gasteiger partial charge on any atom is -0.327 e. The number of quaternary nitrogens is 1. The maximum Gasteiger partial charge on any atom is 0.293 e. The zero-order chi connectivity index (χ0) is 16.7. The van der Waals surface area contributed by atoms with Crippen LogP contribution in [0.1, 0.15) is 31.7 Å². The van der Waals surface area contributed by atoms with E-state index in [9.17, 15) is 9.59 Å². The Kier molecular flexibility index (Phi) is 6.17. The molecular formula is C17H25N4O2+. The van der Waals surface area contributed by atoms with Gasteiger partial charge in [0.25, 0.3) is 5.91 Å². The van der Waals surface area contributed by atoms with E-state index >= 15 is 0 Å². The second-order valence-corrected chi connectivity index (χ2v) is 5.90. The second kappa shape index (κ2) is 8.33. The van der Waals surface area contributed by atoms with Crippen LogP contribution in [-0.4, -0.2) is 31.4 Å². The molecule has 1 aliphatic rings. The lowest BCUT2D eigenvalue weighted by atomic mass is 10.1. The summed E-state index contributed by atoms with van der Waals surface area (Å²) >= 11 is 0. The molecule has 0 aliphatic carbocycles. The first-order valence-corrected chi connectivity index (χ1v) is 8.00. The van der Waals surface area contributed by atoms with Crippen molar-refractivity contribution < 1.29 is 14.5 Å². The molecular weight excluding hydrogens is 292 g/mol. The zero-order valence-corrected chi connectivity index (χ0v) is 13.6. The summed E-state index contributed by atoms with van der Waals surface area (Å²) in [4.78, 5) is 24.3. The summed E-state index contributed by atoms with van der Waals surface area (Å²) in [7, 11) is 0. The van der Waals surface area contributed by atoms with Gasteiger partial charge in [0, 0.05) is 12.6 Å². The third kappa shape index (κ3) is 5.75. The number of hydrogen-bond acceptors (Lipinski definition) is 3. The highest BCUT2D eigenvalue weighted by Crippen LogP contribution is 2.13. The van der Waals surface area contributed by atoms with Gasteiger partial charge in [-0.25, -0.2) is 0 Å². The number of likely N-dealkylation sites (tertiary alicyclic amines) is 1. The van der Waals surface area contributed by atoms with Gasteiger partial charge in [-0.2, -0.15) is 0 Å². The first-order valence-electron chi connectivity index (χ1n) is 8.00. The van der Waals surface area contributed by atoms with Crippen molar-refractivity contribution in [3.63, 3.8) is 0 Å². The van der Waals surface area contributed by atoms with Crippen molar-refractivity contribution in [3.05, 3.63) is 36.4 Å². The van der Waals surface area contributed by atoms with E-state index in [4.69, 9.17) is 0 Å². The van der Waals surface area contributed by atoms with Crippen LogP contribution >= 0.6 is 0 Å². The molecule has 4 N–H and O–H groups in total. The van der Waals surface area contributed by atoms with Gasteiger partial charge >= 0.3 is 0 Å². The third-order valence-corrected chi connectivity index (χ3v) is 3.88. The van der Waals surface area contributed by atoms with Gasteiger partial charge in [0.05, 0.1) is 18.8 Å². The number of rotatable bonds is 6. The molecule has 1 fully saturated rings. The molecule has 124 valence electrons. The van der Waals surface area contributed by atoms with Crippen molar-refractivity contribution in [2.24, 2.45) is 0 Å². The summed E-state index contributed by atoms with van der Waals surface area (Å²) in [6.45, 7) is 8.01. The molecule has 1 saturated heterocycles. The van der Waals surface area contributed by atoms with Crippen molar-refractivity contribution in [1.82, 2.24) is 10.9 Å². The summed E-state index contributed by atoms with van der Waals surface area (Å²) in [6, 6.07) is 7.26. The first kappa shape index (κ1) is 17.0. The smallest absolute Gasteiger partial charge is 0.293 e. The summed E-state index contributed by atoms with van der Waals surface area (Å²) in [5, 5.41) is 2.71. The summed E-state index contributed by atoms with van der Waals surface area (Å²) in [5.74, 6) is -0.139. The minimum absolute atomic E-state index is 0.0297. The van der Waals surface area contributed by atoms with E-state index in [1.807, 2.05) is 12.1 Å². The number of piperidine rings is 1. The lowest BCUT2D eigenvalue weighted by molar-refractivity contribution is -0.896. The fourth-order valence-corrected chi connectivity index (χ4v) is 2.68. The van der Waals surface area contributed by atoms with Crippen molar-refractivity contribution in [1.29, 1.82) is 0 Å². The number of hydrogen-bond donors (Lipinski definition) is 4. The number of anilines is 1. The van der Waals surface area contributed by atoms with Gasteiger partial charge in [-0.15, -0.1) is 0 Å². The Bertz CT molecular complexity index is 562. The Balaban J connectivity index is 1.77. The molecule has 1 aliphatic heterocycles. The SMILES string of the molecule is C=C(NNC(=O)C[NH+]1CCCCC1)c1ccc(NC(C)=O)cc1. The van der Waals surface area contributed by atoms with Gasteiger partial charge in [-0.05, 0) is 37.0 Å². The predicted molar refractivity (Wildman–Crippen MR) is 90.5 cm³/mol. The highest BCUT2D eigenvalue weighted by molar-refractivity contribution is 5.88. The number of nitrogens with one attached hydrogen (secondary N) is 4. The molecule has 23 heavy (non-hydrogen) atoms. The van der Waals surface area contributed by atoms with Gasteiger partial charge in [0.15, 0.2) is 6.54 Å². The molecule has 1 aromatic carbocycles. The van der Waals surface area contributed by atoms with Crippen molar-refractivity contribution >= 4 is 23.2 Å². The van der Waals surface area contributed by atoms with E-state index in [2.05, 4.69) is 22.7 Å². The Morgan fingerprint density at radius 1 is 1.09 bits per heavy atom. The van der Waals surface area contributed by atoms with Crippen LogP contribution in [0.4, 0.5) is 5.69 Å². The Hall–Kier alpha value is -2.34. The molecule has 0 spiro atoms. The Morgan fingerprint density at radius 2 is 1.74 bits per heavy atom. The van der Waals surface area contributed by atoms with Crippen LogP contribution in [0.25, 0.3) is 5.70 Å². The summed E-state index contributed by atoms with van der Waals surface area (Å²) < 4.78 is 0. The van der Waals surface area contributed by atoms with E-state index < -0.39 is 0 Å². The lowest BCUT2D eigenvalue weighted by Gasteiger charge is -2.23. The third-order valence-electron chi connectivity index (χ3n) is 3.88. The molecule has 0 aromatic heterocycles. The second-order valence-electron chi connectivity index (χ2n) is 5.90. The van der Waals surface area contributed by atoms with Gasteiger partial charge in [-0.3, -0.25) is 20.4 Å². The van der Waals surface area contributed by atoms with E-state index in [0.29, 0.717) is 12.2 Å². The van der Waals surface area contributed by atoms with Crippen LogP contribution < -0.4 is 21.1 Å². The highest BCUT2D eigenvalue weighted by atomic mass is 16.2. The van der Waals surface area contributed by atoms with E-state index in [0.717, 1.165) is 24.3 Å². The van der Waals surface area contributed by atoms with Crippen LogP contribution in [0.3, 0.4) is 0 Å². The maximum absolute atomic E-state index is 11.9. The molecule has 6 nitrogen and oxygen atoms in total. The van der Waals surface area contributed by atoms with Gasteiger partial charge < -0.3 is 10.2 Å². The average Bonchev–Trinajstić information content (AvgIpc) is 2.54. The molecule has 0 atom stereocenters. The molecule has 0 bridgehead atoms. The quantitative estimate of drug-likeness (QED) is 0.570. The topological polar surface area (TPSA) is 74.7 Å². The molecule has 2 amide bonds. The molecule has 0 unspecified atom stereocenters. The van der Waals surface area contributed by atoms with Crippen LogP contribution in [0, 0.1) is 0 Å². The predicted octanol–water partition coefficient (Wildman–Crippen LogP) is 0.305. The van der Waals surface area contributed by atoms with Crippen molar-refractivity contribution in [2.75, 3.05) is 25.0 Å².